The molecule has 2 aromatic carbocycles. The van der Waals surface area contributed by atoms with Crippen molar-refractivity contribution in [1.82, 2.24) is 0 Å². The molecule has 0 amide bonds. The molecule has 4 heteroatoms. The van der Waals surface area contributed by atoms with E-state index < -0.39 is 0 Å². The van der Waals surface area contributed by atoms with Gasteiger partial charge in [0.25, 0.3) is 0 Å². The molecule has 2 aliphatic rings. The lowest BCUT2D eigenvalue weighted by atomic mass is 10.0. The third-order valence-electron chi connectivity index (χ3n) is 3.96. The summed E-state index contributed by atoms with van der Waals surface area (Å²) >= 11 is 2.86. The van der Waals surface area contributed by atoms with Crippen molar-refractivity contribution in [3.8, 4) is 0 Å². The zero-order valence-corrected chi connectivity index (χ0v) is 13.7. The highest BCUT2D eigenvalue weighted by Gasteiger charge is 2.37. The predicted molar refractivity (Wildman–Crippen MR) is 89.8 cm³/mol. The molecule has 2 aromatic rings. The van der Waals surface area contributed by atoms with Gasteiger partial charge in [-0.2, -0.15) is 0 Å². The molecular weight excluding hydrogens is 312 g/mol. The SMILES string of the molecule is Cc1ccc(C)c2c1S/C(=C1\Sc3ccccc3C1=O)C2=O. The number of hydrogen-bond donors (Lipinski definition) is 0. The van der Waals surface area contributed by atoms with E-state index in [1.807, 2.05) is 50.2 Å². The van der Waals surface area contributed by atoms with Crippen molar-refractivity contribution in [2.24, 2.45) is 0 Å². The maximum Gasteiger partial charge on any atom is 0.202 e. The molecule has 0 aromatic heterocycles. The lowest BCUT2D eigenvalue weighted by molar-refractivity contribution is 0.101. The molecule has 4 rings (SSSR count). The first-order chi connectivity index (χ1) is 10.6. The van der Waals surface area contributed by atoms with Crippen LogP contribution in [0.2, 0.25) is 0 Å². The van der Waals surface area contributed by atoms with Crippen molar-refractivity contribution < 1.29 is 9.59 Å². The van der Waals surface area contributed by atoms with Crippen molar-refractivity contribution in [1.29, 1.82) is 0 Å². The largest absolute Gasteiger partial charge is 0.288 e. The number of carbonyl (C=O) groups excluding carboxylic acids is 2. The van der Waals surface area contributed by atoms with E-state index in [4.69, 9.17) is 0 Å². The highest BCUT2D eigenvalue weighted by Crippen LogP contribution is 2.50. The predicted octanol–water partition coefficient (Wildman–Crippen LogP) is 4.79. The fourth-order valence-electron chi connectivity index (χ4n) is 2.78. The summed E-state index contributed by atoms with van der Waals surface area (Å²) in [6.07, 6.45) is 0. The Bertz CT molecular complexity index is 894. The van der Waals surface area contributed by atoms with Crippen molar-refractivity contribution in [2.75, 3.05) is 0 Å². The highest BCUT2D eigenvalue weighted by molar-refractivity contribution is 8.08. The summed E-state index contributed by atoms with van der Waals surface area (Å²) in [5.74, 6) is -0.0376. The van der Waals surface area contributed by atoms with Gasteiger partial charge in [0.05, 0.1) is 9.81 Å². The first kappa shape index (κ1) is 13.9. The van der Waals surface area contributed by atoms with Crippen molar-refractivity contribution in [2.45, 2.75) is 23.6 Å². The van der Waals surface area contributed by atoms with E-state index in [1.54, 1.807) is 0 Å². The Morgan fingerprint density at radius 2 is 1.45 bits per heavy atom. The van der Waals surface area contributed by atoms with Crippen LogP contribution in [0.4, 0.5) is 0 Å². The van der Waals surface area contributed by atoms with Gasteiger partial charge in [-0.3, -0.25) is 9.59 Å². The van der Waals surface area contributed by atoms with Gasteiger partial charge in [0, 0.05) is 20.9 Å². The Morgan fingerprint density at radius 1 is 0.773 bits per heavy atom. The summed E-state index contributed by atoms with van der Waals surface area (Å²) in [6.45, 7) is 3.95. The summed E-state index contributed by atoms with van der Waals surface area (Å²) in [6, 6.07) is 11.5. The van der Waals surface area contributed by atoms with E-state index in [9.17, 15) is 9.59 Å². The Labute approximate surface area is 137 Å². The minimum absolute atomic E-state index is 0.00939. The second kappa shape index (κ2) is 4.86. The van der Waals surface area contributed by atoms with Crippen LogP contribution in [-0.4, -0.2) is 11.6 Å². The minimum Gasteiger partial charge on any atom is -0.288 e. The Kier molecular flexibility index (Phi) is 3.06. The molecular formula is C18H12O2S2. The van der Waals surface area contributed by atoms with Crippen molar-refractivity contribution in [3.05, 3.63) is 68.5 Å². The standard InChI is InChI=1S/C18H12O2S2/c1-9-7-8-10(2)16-13(9)15(20)18(22-16)17-14(19)11-5-3-4-6-12(11)21-17/h3-8H,1-2H3/b18-17-. The van der Waals surface area contributed by atoms with Crippen LogP contribution in [0.25, 0.3) is 0 Å². The highest BCUT2D eigenvalue weighted by atomic mass is 32.2. The van der Waals surface area contributed by atoms with Gasteiger partial charge in [-0.1, -0.05) is 47.8 Å². The topological polar surface area (TPSA) is 34.1 Å². The number of allylic oxidation sites excluding steroid dienone is 2. The molecule has 0 aliphatic carbocycles. The third kappa shape index (κ3) is 1.84. The summed E-state index contributed by atoms with van der Waals surface area (Å²) in [5, 5.41) is 0. The maximum atomic E-state index is 12.8. The number of benzene rings is 2. The Hall–Kier alpha value is -1.78. The van der Waals surface area contributed by atoms with Gasteiger partial charge < -0.3 is 0 Å². The van der Waals surface area contributed by atoms with E-state index >= 15 is 0 Å². The molecule has 108 valence electrons. The fourth-order valence-corrected chi connectivity index (χ4v) is 5.23. The Morgan fingerprint density at radius 3 is 2.18 bits per heavy atom. The summed E-state index contributed by atoms with van der Waals surface area (Å²) < 4.78 is 0. The number of carbonyl (C=O) groups is 2. The second-order valence-corrected chi connectivity index (χ2v) is 7.49. The van der Waals surface area contributed by atoms with E-state index in [0.717, 1.165) is 26.5 Å². The molecule has 0 spiro atoms. The number of ketones is 2. The molecule has 0 saturated heterocycles. The quantitative estimate of drug-likeness (QED) is 0.652. The lowest BCUT2D eigenvalue weighted by Crippen LogP contribution is -2.03. The molecule has 2 aliphatic heterocycles. The smallest absolute Gasteiger partial charge is 0.202 e. The van der Waals surface area contributed by atoms with Crippen LogP contribution in [0.3, 0.4) is 0 Å². The molecule has 0 atom stereocenters. The number of hydrogen-bond acceptors (Lipinski definition) is 4. The number of thioether (sulfide) groups is 2. The maximum absolute atomic E-state index is 12.8. The zero-order valence-electron chi connectivity index (χ0n) is 12.1. The molecule has 0 fully saturated rings. The number of fused-ring (bicyclic) bond motifs is 2. The van der Waals surface area contributed by atoms with Crippen LogP contribution in [0.1, 0.15) is 31.8 Å². The van der Waals surface area contributed by atoms with Crippen LogP contribution in [-0.2, 0) is 0 Å². The molecule has 0 saturated carbocycles. The van der Waals surface area contributed by atoms with Gasteiger partial charge in [0.2, 0.25) is 11.6 Å². The van der Waals surface area contributed by atoms with E-state index in [2.05, 4.69) is 0 Å². The normalized spacial score (nSPS) is 19.5. The van der Waals surface area contributed by atoms with E-state index in [1.165, 1.54) is 23.5 Å². The first-order valence-electron chi connectivity index (χ1n) is 6.96. The van der Waals surface area contributed by atoms with Crippen LogP contribution in [0, 0.1) is 13.8 Å². The average molecular weight is 324 g/mol. The molecule has 0 N–H and O–H groups in total. The van der Waals surface area contributed by atoms with E-state index in [-0.39, 0.29) is 11.6 Å². The zero-order chi connectivity index (χ0) is 15.4. The summed E-state index contributed by atoms with van der Waals surface area (Å²) in [7, 11) is 0. The van der Waals surface area contributed by atoms with Crippen molar-refractivity contribution >= 4 is 35.1 Å². The average Bonchev–Trinajstić information content (AvgIpc) is 3.03. The van der Waals surface area contributed by atoms with Crippen LogP contribution < -0.4 is 0 Å². The van der Waals surface area contributed by atoms with Gasteiger partial charge >= 0.3 is 0 Å². The van der Waals surface area contributed by atoms with Gasteiger partial charge in [-0.05, 0) is 37.1 Å². The van der Waals surface area contributed by atoms with Gasteiger partial charge in [0.1, 0.15) is 0 Å². The lowest BCUT2D eigenvalue weighted by Gasteiger charge is -2.03. The van der Waals surface area contributed by atoms with Crippen LogP contribution in [0.5, 0.6) is 0 Å². The first-order valence-corrected chi connectivity index (χ1v) is 8.60. The molecule has 0 bridgehead atoms. The van der Waals surface area contributed by atoms with Gasteiger partial charge in [-0.15, -0.1) is 0 Å². The van der Waals surface area contributed by atoms with Gasteiger partial charge in [0.15, 0.2) is 0 Å². The minimum atomic E-state index is -0.0282. The van der Waals surface area contributed by atoms with Crippen molar-refractivity contribution in [3.63, 3.8) is 0 Å². The number of Topliss-reactive ketones (excluding diaryl/α,β-unsaturated/α-hetero) is 2. The molecule has 22 heavy (non-hydrogen) atoms. The Balaban J connectivity index is 1.88. The van der Waals surface area contributed by atoms with E-state index in [0.29, 0.717) is 15.4 Å². The summed E-state index contributed by atoms with van der Waals surface area (Å²) in [5.41, 5.74) is 3.52. The summed E-state index contributed by atoms with van der Waals surface area (Å²) in [4.78, 5) is 28.5. The van der Waals surface area contributed by atoms with Crippen LogP contribution in [0.15, 0.2) is 56.0 Å². The monoisotopic (exact) mass is 324 g/mol. The molecule has 2 heterocycles. The molecule has 0 unspecified atom stereocenters. The van der Waals surface area contributed by atoms with Gasteiger partial charge in [-0.25, -0.2) is 0 Å². The third-order valence-corrected chi connectivity index (χ3v) is 6.58. The molecule has 2 nitrogen and oxygen atoms in total. The van der Waals surface area contributed by atoms with Crippen LogP contribution >= 0.6 is 23.5 Å². The second-order valence-electron chi connectivity index (χ2n) is 5.42. The number of aryl methyl sites for hydroxylation is 2. The fraction of sp³-hybridized carbons (Fsp3) is 0.111. The number of rotatable bonds is 0. The molecule has 0 radical (unpaired) electrons.